The van der Waals surface area contributed by atoms with Crippen LogP contribution in [0.5, 0.6) is 0 Å². The van der Waals surface area contributed by atoms with Crippen molar-refractivity contribution in [3.8, 4) is 0 Å². The zero-order chi connectivity index (χ0) is 11.4. The Morgan fingerprint density at radius 3 is 2.94 bits per heavy atom. The summed E-state index contributed by atoms with van der Waals surface area (Å²) in [7, 11) is 1.90. The molecule has 0 spiro atoms. The molecule has 0 unspecified atom stereocenters. The van der Waals surface area contributed by atoms with Crippen LogP contribution >= 0.6 is 0 Å². The molecule has 0 amide bonds. The molecule has 0 bridgehead atoms. The first-order valence-electron chi connectivity index (χ1n) is 5.56. The molecule has 1 N–H and O–H groups in total. The molecule has 0 aromatic carbocycles. The van der Waals surface area contributed by atoms with Gasteiger partial charge in [-0.1, -0.05) is 0 Å². The van der Waals surface area contributed by atoms with E-state index in [9.17, 15) is 4.39 Å². The third-order valence-electron chi connectivity index (χ3n) is 2.92. The summed E-state index contributed by atoms with van der Waals surface area (Å²) in [6.07, 6.45) is 5.00. The Morgan fingerprint density at radius 2 is 2.25 bits per heavy atom. The van der Waals surface area contributed by atoms with Gasteiger partial charge in [0.15, 0.2) is 0 Å². The van der Waals surface area contributed by atoms with Crippen LogP contribution in [0.4, 0.5) is 4.39 Å². The number of hydrogen-bond donors (Lipinski definition) is 1. The largest absolute Gasteiger partial charge is 0.318 e. The number of nitrogens with zero attached hydrogens (tertiary/aromatic N) is 3. The number of alkyl halides is 1. The van der Waals surface area contributed by atoms with Crippen LogP contribution in [0.2, 0.25) is 0 Å². The maximum absolute atomic E-state index is 13.3. The van der Waals surface area contributed by atoms with Gasteiger partial charge in [-0.2, -0.15) is 0 Å². The van der Waals surface area contributed by atoms with Crippen LogP contribution < -0.4 is 5.32 Å². The summed E-state index contributed by atoms with van der Waals surface area (Å²) in [6.45, 7) is 2.07. The van der Waals surface area contributed by atoms with E-state index in [0.29, 0.717) is 13.0 Å². The number of nitrogens with one attached hydrogen (secondary N) is 1. The van der Waals surface area contributed by atoms with Crippen molar-refractivity contribution in [1.82, 2.24) is 20.2 Å². The molecule has 1 aromatic heterocycles. The Hall–Kier alpha value is -1.07. The van der Waals surface area contributed by atoms with Gasteiger partial charge in [0.2, 0.25) is 0 Å². The zero-order valence-corrected chi connectivity index (χ0v) is 9.43. The predicted octanol–water partition coefficient (Wildman–Crippen LogP) is 0.608. The Labute approximate surface area is 94.9 Å². The van der Waals surface area contributed by atoms with Crippen LogP contribution in [0.15, 0.2) is 18.7 Å². The minimum atomic E-state index is -0.706. The van der Waals surface area contributed by atoms with Crippen molar-refractivity contribution in [2.24, 2.45) is 0 Å². The molecule has 2 heterocycles. The Balaban J connectivity index is 1.97. The number of likely N-dealkylation sites (N-methyl/N-ethyl adjacent to an activating group) is 1. The molecule has 4 nitrogen and oxygen atoms in total. The van der Waals surface area contributed by atoms with Gasteiger partial charge >= 0.3 is 0 Å². The van der Waals surface area contributed by atoms with E-state index in [4.69, 9.17) is 0 Å². The maximum atomic E-state index is 13.3. The summed E-state index contributed by atoms with van der Waals surface area (Å²) in [6, 6.07) is 0.278. The molecular formula is C11H17FN4. The average Bonchev–Trinajstić information content (AvgIpc) is 2.61. The van der Waals surface area contributed by atoms with Gasteiger partial charge in [0.25, 0.3) is 0 Å². The molecule has 1 aromatic rings. The van der Waals surface area contributed by atoms with Gasteiger partial charge in [0, 0.05) is 43.6 Å². The molecule has 2 atom stereocenters. The van der Waals surface area contributed by atoms with Crippen molar-refractivity contribution in [3.05, 3.63) is 24.3 Å². The first kappa shape index (κ1) is 11.4. The maximum Gasteiger partial charge on any atom is 0.115 e. The van der Waals surface area contributed by atoms with Gasteiger partial charge in [-0.3, -0.25) is 4.90 Å². The van der Waals surface area contributed by atoms with Gasteiger partial charge in [-0.05, 0) is 13.5 Å². The lowest BCUT2D eigenvalue weighted by Crippen LogP contribution is -2.36. The number of hydrogen-bond acceptors (Lipinski definition) is 4. The van der Waals surface area contributed by atoms with Crippen molar-refractivity contribution < 1.29 is 4.39 Å². The highest BCUT2D eigenvalue weighted by atomic mass is 19.1. The predicted molar refractivity (Wildman–Crippen MR) is 59.7 cm³/mol. The number of rotatable bonds is 4. The molecule has 0 radical (unpaired) electrons. The smallest absolute Gasteiger partial charge is 0.115 e. The highest BCUT2D eigenvalue weighted by Gasteiger charge is 2.31. The summed E-state index contributed by atoms with van der Waals surface area (Å²) in [5, 5.41) is 3.11. The van der Waals surface area contributed by atoms with Crippen molar-refractivity contribution in [3.63, 3.8) is 0 Å². The van der Waals surface area contributed by atoms with Crippen LogP contribution in [0.1, 0.15) is 12.0 Å². The van der Waals surface area contributed by atoms with E-state index < -0.39 is 6.17 Å². The van der Waals surface area contributed by atoms with Gasteiger partial charge in [0.1, 0.15) is 12.5 Å². The fourth-order valence-electron chi connectivity index (χ4n) is 2.21. The second kappa shape index (κ2) is 5.32. The van der Waals surface area contributed by atoms with E-state index in [2.05, 4.69) is 20.2 Å². The minimum Gasteiger partial charge on any atom is -0.318 e. The lowest BCUT2D eigenvalue weighted by molar-refractivity contribution is 0.232. The van der Waals surface area contributed by atoms with E-state index >= 15 is 0 Å². The molecule has 88 valence electrons. The van der Waals surface area contributed by atoms with Crippen molar-refractivity contribution in [2.75, 3.05) is 20.1 Å². The third-order valence-corrected chi connectivity index (χ3v) is 2.92. The standard InChI is InChI=1S/C11H17FN4/c1-13-5-11-2-10(12)7-16(11)6-9-3-14-8-15-4-9/h3-4,8,10-11,13H,2,5-7H2,1H3/t10-,11+/m1/s1. The Morgan fingerprint density at radius 1 is 1.50 bits per heavy atom. The van der Waals surface area contributed by atoms with Gasteiger partial charge in [-0.25, -0.2) is 14.4 Å². The third kappa shape index (κ3) is 2.74. The van der Waals surface area contributed by atoms with Gasteiger partial charge < -0.3 is 5.32 Å². The molecule has 16 heavy (non-hydrogen) atoms. The molecule has 5 heteroatoms. The van der Waals surface area contributed by atoms with E-state index in [1.807, 2.05) is 7.05 Å². The lowest BCUT2D eigenvalue weighted by atomic mass is 10.2. The van der Waals surface area contributed by atoms with Crippen LogP contribution in [-0.4, -0.2) is 47.2 Å². The zero-order valence-electron chi connectivity index (χ0n) is 9.43. The molecular weight excluding hydrogens is 207 g/mol. The Kier molecular flexibility index (Phi) is 3.79. The van der Waals surface area contributed by atoms with Gasteiger partial charge in [-0.15, -0.1) is 0 Å². The second-order valence-corrected chi connectivity index (χ2v) is 4.22. The molecule has 1 saturated heterocycles. The fourth-order valence-corrected chi connectivity index (χ4v) is 2.21. The molecule has 1 aliphatic rings. The van der Waals surface area contributed by atoms with Crippen LogP contribution in [-0.2, 0) is 6.54 Å². The average molecular weight is 224 g/mol. The van der Waals surface area contributed by atoms with Crippen LogP contribution in [0.25, 0.3) is 0 Å². The van der Waals surface area contributed by atoms with Crippen molar-refractivity contribution in [2.45, 2.75) is 25.2 Å². The summed E-state index contributed by atoms with van der Waals surface area (Å²) < 4.78 is 13.3. The van der Waals surface area contributed by atoms with E-state index in [1.165, 1.54) is 6.33 Å². The SMILES string of the molecule is CNC[C@@H]1C[C@@H](F)CN1Cc1cncnc1. The topological polar surface area (TPSA) is 41.0 Å². The normalized spacial score (nSPS) is 26.1. The van der Waals surface area contributed by atoms with Crippen molar-refractivity contribution in [1.29, 1.82) is 0 Å². The van der Waals surface area contributed by atoms with E-state index in [-0.39, 0.29) is 6.04 Å². The molecule has 1 fully saturated rings. The molecule has 0 saturated carbocycles. The quantitative estimate of drug-likeness (QED) is 0.813. The molecule has 0 aliphatic carbocycles. The monoisotopic (exact) mass is 224 g/mol. The van der Waals surface area contributed by atoms with Crippen molar-refractivity contribution >= 4 is 0 Å². The molecule has 2 rings (SSSR count). The van der Waals surface area contributed by atoms with Crippen LogP contribution in [0.3, 0.4) is 0 Å². The van der Waals surface area contributed by atoms with E-state index in [1.54, 1.807) is 12.4 Å². The summed E-state index contributed by atoms with van der Waals surface area (Å²) in [5.41, 5.74) is 1.04. The number of likely N-dealkylation sites (tertiary alicyclic amines) is 1. The van der Waals surface area contributed by atoms with Gasteiger partial charge in [0.05, 0.1) is 0 Å². The summed E-state index contributed by atoms with van der Waals surface area (Å²) >= 11 is 0. The summed E-state index contributed by atoms with van der Waals surface area (Å²) in [5.74, 6) is 0. The molecule has 1 aliphatic heterocycles. The number of aromatic nitrogens is 2. The second-order valence-electron chi connectivity index (χ2n) is 4.22. The highest BCUT2D eigenvalue weighted by Crippen LogP contribution is 2.21. The highest BCUT2D eigenvalue weighted by molar-refractivity contribution is 5.03. The lowest BCUT2D eigenvalue weighted by Gasteiger charge is -2.23. The summed E-state index contributed by atoms with van der Waals surface area (Å²) in [4.78, 5) is 10.1. The first-order chi connectivity index (χ1) is 7.79. The van der Waals surface area contributed by atoms with E-state index in [0.717, 1.165) is 18.7 Å². The van der Waals surface area contributed by atoms with Crippen LogP contribution in [0, 0.1) is 0 Å². The minimum absolute atomic E-state index is 0.278. The fraction of sp³-hybridized carbons (Fsp3) is 0.636. The Bertz CT molecular complexity index is 319. The first-order valence-corrected chi connectivity index (χ1v) is 5.56. The number of halogens is 1.